The number of imidazole rings is 1. The van der Waals surface area contributed by atoms with Gasteiger partial charge in [0.1, 0.15) is 6.20 Å². The fraction of sp³-hybridized carbons (Fsp3) is 0.625. The third-order valence-corrected chi connectivity index (χ3v) is 1.82. The number of aromatic nitrogens is 2. The zero-order chi connectivity index (χ0) is 9.19. The van der Waals surface area contributed by atoms with Crippen molar-refractivity contribution < 1.29 is 9.57 Å². The summed E-state index contributed by atoms with van der Waals surface area (Å²) in [6.07, 6.45) is 7.76. The van der Waals surface area contributed by atoms with Crippen molar-refractivity contribution >= 4 is 11.9 Å². The second-order valence-electron chi connectivity index (χ2n) is 3.52. The van der Waals surface area contributed by atoms with Crippen LogP contribution in [0.15, 0.2) is 18.7 Å². The van der Waals surface area contributed by atoms with Gasteiger partial charge in [-0.25, -0.2) is 0 Å². The van der Waals surface area contributed by atoms with Gasteiger partial charge < -0.3 is 4.84 Å². The lowest BCUT2D eigenvalue weighted by molar-refractivity contribution is -0.905. The van der Waals surface area contributed by atoms with E-state index in [-0.39, 0.29) is 5.60 Å². The Morgan fingerprint density at radius 3 is 2.50 bits per heavy atom. The summed E-state index contributed by atoms with van der Waals surface area (Å²) in [5.41, 5.74) is -0.144. The van der Waals surface area contributed by atoms with Gasteiger partial charge in [-0.05, 0) is 20.8 Å². The van der Waals surface area contributed by atoms with Gasteiger partial charge in [0.15, 0.2) is 11.8 Å². The maximum atomic E-state index is 5.57. The van der Waals surface area contributed by atoms with E-state index >= 15 is 0 Å². The fourth-order valence-corrected chi connectivity index (χ4v) is 1.16. The molecule has 0 aliphatic rings. The molecule has 0 fully saturated rings. The zero-order valence-corrected chi connectivity index (χ0v) is 8.76. The molecule has 0 N–H and O–H groups in total. The smallest absolute Gasteiger partial charge is 0.295 e. The second kappa shape index (κ2) is 3.39. The molecule has 68 valence electrons. The molecular formula is C8H15N2OS+. The molecule has 0 aliphatic carbocycles. The first kappa shape index (κ1) is 9.45. The third kappa shape index (κ3) is 2.77. The Balaban J connectivity index is 2.64. The van der Waals surface area contributed by atoms with E-state index in [4.69, 9.17) is 4.84 Å². The van der Waals surface area contributed by atoms with Gasteiger partial charge in [0.2, 0.25) is 0 Å². The number of hydrogen-bond donors (Lipinski definition) is 0. The molecule has 0 saturated heterocycles. The molecule has 1 rings (SSSR count). The summed E-state index contributed by atoms with van der Waals surface area (Å²) < 4.78 is 3.70. The van der Waals surface area contributed by atoms with Crippen LogP contribution in [0.5, 0.6) is 0 Å². The van der Waals surface area contributed by atoms with Crippen LogP contribution in [0.2, 0.25) is 0 Å². The monoisotopic (exact) mass is 187 g/mol. The molecule has 0 aliphatic heterocycles. The first-order valence-electron chi connectivity index (χ1n) is 3.84. The number of hydrogen-bond acceptors (Lipinski definition) is 2. The van der Waals surface area contributed by atoms with Crippen LogP contribution in [0, 0.1) is 0 Å². The van der Waals surface area contributed by atoms with Crippen LogP contribution < -0.4 is 9.57 Å². The predicted molar refractivity (Wildman–Crippen MR) is 49.9 cm³/mol. The van der Waals surface area contributed by atoms with Crippen molar-refractivity contribution in [3.8, 4) is 0 Å². The third-order valence-electron chi connectivity index (χ3n) is 1.18. The van der Waals surface area contributed by atoms with Crippen LogP contribution in [-0.2, 0) is 0 Å². The highest BCUT2D eigenvalue weighted by Crippen LogP contribution is 2.00. The van der Waals surface area contributed by atoms with Gasteiger partial charge in [0, 0.05) is 6.26 Å². The Labute approximate surface area is 77.4 Å². The highest BCUT2D eigenvalue weighted by molar-refractivity contribution is 7.97. The van der Waals surface area contributed by atoms with E-state index in [2.05, 4.69) is 0 Å². The first-order chi connectivity index (χ1) is 5.51. The summed E-state index contributed by atoms with van der Waals surface area (Å²) in [5.74, 6) is 0. The van der Waals surface area contributed by atoms with E-state index in [9.17, 15) is 0 Å². The minimum atomic E-state index is -0.144. The SMILES string of the molecule is CSn1cc[n+](OC(C)(C)C)c1. The van der Waals surface area contributed by atoms with Crippen LogP contribution >= 0.6 is 11.9 Å². The van der Waals surface area contributed by atoms with Crippen molar-refractivity contribution in [2.45, 2.75) is 26.4 Å². The van der Waals surface area contributed by atoms with Crippen molar-refractivity contribution in [2.75, 3.05) is 6.26 Å². The van der Waals surface area contributed by atoms with Crippen molar-refractivity contribution in [1.29, 1.82) is 0 Å². The van der Waals surface area contributed by atoms with Gasteiger partial charge in [-0.1, -0.05) is 4.73 Å². The highest BCUT2D eigenvalue weighted by Gasteiger charge is 2.16. The standard InChI is InChI=1S/C8H15N2OS/c1-8(2,3)11-9-5-6-10(7-9)12-4/h5-7H,1-4H3/q+1. The molecule has 12 heavy (non-hydrogen) atoms. The van der Waals surface area contributed by atoms with Crippen molar-refractivity contribution in [2.24, 2.45) is 0 Å². The minimum Gasteiger partial charge on any atom is -0.330 e. The maximum Gasteiger partial charge on any atom is 0.295 e. The van der Waals surface area contributed by atoms with Crippen molar-refractivity contribution in [3.63, 3.8) is 0 Å². The predicted octanol–water partition coefficient (Wildman–Crippen LogP) is 1.13. The summed E-state index contributed by atoms with van der Waals surface area (Å²) in [4.78, 5) is 5.57. The molecule has 0 amide bonds. The topological polar surface area (TPSA) is 18.0 Å². The van der Waals surface area contributed by atoms with E-state index in [1.165, 1.54) is 0 Å². The second-order valence-corrected chi connectivity index (χ2v) is 4.31. The number of nitrogens with zero attached hydrogens (tertiary/aromatic N) is 2. The Kier molecular flexibility index (Phi) is 2.67. The summed E-state index contributed by atoms with van der Waals surface area (Å²) in [6, 6.07) is 0. The van der Waals surface area contributed by atoms with Crippen molar-refractivity contribution in [1.82, 2.24) is 3.97 Å². The molecule has 1 heterocycles. The molecule has 0 aromatic carbocycles. The van der Waals surface area contributed by atoms with Gasteiger partial charge >= 0.3 is 0 Å². The normalized spacial score (nSPS) is 11.7. The molecule has 0 atom stereocenters. The van der Waals surface area contributed by atoms with Gasteiger partial charge in [-0.3, -0.25) is 0 Å². The highest BCUT2D eigenvalue weighted by atomic mass is 32.2. The Morgan fingerprint density at radius 2 is 2.08 bits per heavy atom. The quantitative estimate of drug-likeness (QED) is 0.646. The molecular weight excluding hydrogens is 172 g/mol. The summed E-state index contributed by atoms with van der Waals surface area (Å²) in [6.45, 7) is 6.07. The molecule has 3 nitrogen and oxygen atoms in total. The van der Waals surface area contributed by atoms with Crippen LogP contribution in [0.3, 0.4) is 0 Å². The van der Waals surface area contributed by atoms with Crippen LogP contribution in [0.1, 0.15) is 20.8 Å². The largest absolute Gasteiger partial charge is 0.330 e. The molecule has 1 aromatic heterocycles. The van der Waals surface area contributed by atoms with E-state index in [0.29, 0.717) is 0 Å². The summed E-state index contributed by atoms with van der Waals surface area (Å²) in [7, 11) is 0. The van der Waals surface area contributed by atoms with E-state index in [1.54, 1.807) is 16.7 Å². The molecule has 1 aromatic rings. The van der Waals surface area contributed by atoms with Crippen LogP contribution in [0.25, 0.3) is 0 Å². The molecule has 0 radical (unpaired) electrons. The lowest BCUT2D eigenvalue weighted by Crippen LogP contribution is -2.49. The lowest BCUT2D eigenvalue weighted by Gasteiger charge is -2.14. The molecule has 0 unspecified atom stereocenters. The Morgan fingerprint density at radius 1 is 1.42 bits per heavy atom. The van der Waals surface area contributed by atoms with Gasteiger partial charge in [-0.2, -0.15) is 3.97 Å². The van der Waals surface area contributed by atoms with E-state index in [1.807, 2.05) is 49.7 Å². The van der Waals surface area contributed by atoms with Gasteiger partial charge in [0.05, 0.1) is 11.9 Å². The molecule has 0 spiro atoms. The summed E-state index contributed by atoms with van der Waals surface area (Å²) in [5, 5.41) is 0. The minimum absolute atomic E-state index is 0.144. The fourth-order valence-electron chi connectivity index (χ4n) is 0.799. The van der Waals surface area contributed by atoms with Crippen LogP contribution in [0.4, 0.5) is 0 Å². The molecule has 4 heteroatoms. The molecule has 0 bridgehead atoms. The number of rotatable bonds is 2. The summed E-state index contributed by atoms with van der Waals surface area (Å²) >= 11 is 1.63. The maximum absolute atomic E-state index is 5.57. The van der Waals surface area contributed by atoms with E-state index < -0.39 is 0 Å². The first-order valence-corrected chi connectivity index (χ1v) is 5.03. The Bertz CT molecular complexity index is 252. The van der Waals surface area contributed by atoms with E-state index in [0.717, 1.165) is 0 Å². The average molecular weight is 187 g/mol. The zero-order valence-electron chi connectivity index (χ0n) is 7.94. The lowest BCUT2D eigenvalue weighted by atomic mass is 10.2. The van der Waals surface area contributed by atoms with Gasteiger partial charge in [0.25, 0.3) is 6.33 Å². The average Bonchev–Trinajstić information content (AvgIpc) is 2.32. The van der Waals surface area contributed by atoms with Crippen LogP contribution in [-0.4, -0.2) is 15.8 Å². The molecule has 0 saturated carbocycles. The van der Waals surface area contributed by atoms with Gasteiger partial charge in [-0.15, -0.1) is 0 Å². The van der Waals surface area contributed by atoms with Crippen molar-refractivity contribution in [3.05, 3.63) is 18.7 Å². The Hall–Kier alpha value is -0.640.